The van der Waals surface area contributed by atoms with Crippen molar-refractivity contribution < 1.29 is 14.6 Å². The van der Waals surface area contributed by atoms with Gasteiger partial charge in [-0.2, -0.15) is 0 Å². The average molecular weight is 256 g/mol. The Morgan fingerprint density at radius 1 is 1.64 bits per heavy atom. The monoisotopic (exact) mass is 255 g/mol. The maximum Gasteiger partial charge on any atom is 0.128 e. The highest BCUT2D eigenvalue weighted by molar-refractivity contribution is 9.10. The van der Waals surface area contributed by atoms with Crippen LogP contribution in [0.5, 0.6) is 5.75 Å². The Hall–Kier alpha value is -1.29. The highest BCUT2D eigenvalue weighted by Crippen LogP contribution is 2.22. The van der Waals surface area contributed by atoms with E-state index in [4.69, 9.17) is 4.74 Å². The standard InChI is InChI=1S/C10H9BrO3/c1-2-5-14-9-4-3-7(11)6-8(9)10(12)13/h2-4,6H,1,5H2,(H,12,13)/p-1. The number of hydrogen-bond acceptors (Lipinski definition) is 3. The van der Waals surface area contributed by atoms with Gasteiger partial charge in [-0.1, -0.05) is 28.6 Å². The van der Waals surface area contributed by atoms with E-state index in [9.17, 15) is 9.90 Å². The molecule has 74 valence electrons. The summed E-state index contributed by atoms with van der Waals surface area (Å²) in [5.74, 6) is -0.974. The third kappa shape index (κ3) is 2.60. The van der Waals surface area contributed by atoms with Crippen molar-refractivity contribution in [2.24, 2.45) is 0 Å². The fourth-order valence-electron chi connectivity index (χ4n) is 0.936. The van der Waals surface area contributed by atoms with E-state index < -0.39 is 5.97 Å². The molecule has 0 aliphatic rings. The molecule has 0 amide bonds. The van der Waals surface area contributed by atoms with E-state index in [1.807, 2.05) is 0 Å². The van der Waals surface area contributed by atoms with Gasteiger partial charge in [-0.3, -0.25) is 0 Å². The van der Waals surface area contributed by atoms with Gasteiger partial charge in [0.2, 0.25) is 0 Å². The first-order chi connectivity index (χ1) is 6.65. The van der Waals surface area contributed by atoms with Crippen LogP contribution in [0.15, 0.2) is 35.3 Å². The molecule has 0 spiro atoms. The Labute approximate surface area is 90.1 Å². The van der Waals surface area contributed by atoms with E-state index in [-0.39, 0.29) is 17.9 Å². The largest absolute Gasteiger partial charge is 0.545 e. The Kier molecular flexibility index (Phi) is 3.71. The molecule has 1 aromatic rings. The number of carbonyl (C=O) groups is 1. The van der Waals surface area contributed by atoms with E-state index in [2.05, 4.69) is 22.5 Å². The van der Waals surface area contributed by atoms with E-state index in [1.54, 1.807) is 18.2 Å². The van der Waals surface area contributed by atoms with E-state index in [1.165, 1.54) is 6.07 Å². The Morgan fingerprint density at radius 3 is 2.93 bits per heavy atom. The third-order valence-corrected chi connectivity index (χ3v) is 2.01. The van der Waals surface area contributed by atoms with Crippen LogP contribution in [-0.2, 0) is 0 Å². The maximum atomic E-state index is 10.7. The molecule has 0 atom stereocenters. The molecule has 4 heteroatoms. The fourth-order valence-corrected chi connectivity index (χ4v) is 1.30. The number of halogens is 1. The first-order valence-corrected chi connectivity index (χ1v) is 4.69. The molecular formula is C10H8BrO3-. The fraction of sp³-hybridized carbons (Fsp3) is 0.100. The van der Waals surface area contributed by atoms with Crippen molar-refractivity contribution in [2.45, 2.75) is 0 Å². The second kappa shape index (κ2) is 4.81. The zero-order chi connectivity index (χ0) is 10.6. The molecule has 0 saturated carbocycles. The zero-order valence-corrected chi connectivity index (χ0v) is 8.91. The summed E-state index contributed by atoms with van der Waals surface area (Å²) in [5, 5.41) is 10.7. The van der Waals surface area contributed by atoms with Gasteiger partial charge in [0.1, 0.15) is 12.4 Å². The molecule has 0 radical (unpaired) electrons. The normalized spacial score (nSPS) is 9.50. The predicted molar refractivity (Wildman–Crippen MR) is 54.2 cm³/mol. The van der Waals surface area contributed by atoms with Crippen LogP contribution < -0.4 is 9.84 Å². The number of benzene rings is 1. The van der Waals surface area contributed by atoms with Gasteiger partial charge in [0.15, 0.2) is 0 Å². The number of carboxylic acid groups (broad SMARTS) is 1. The molecule has 0 aliphatic heterocycles. The number of carbonyl (C=O) groups excluding carboxylic acids is 1. The van der Waals surface area contributed by atoms with Crippen LogP contribution >= 0.6 is 15.9 Å². The van der Waals surface area contributed by atoms with Crippen molar-refractivity contribution in [3.8, 4) is 5.75 Å². The van der Waals surface area contributed by atoms with Crippen LogP contribution in [0.25, 0.3) is 0 Å². The summed E-state index contributed by atoms with van der Waals surface area (Å²) in [6.07, 6.45) is 1.54. The SMILES string of the molecule is C=CCOc1ccc(Br)cc1C(=O)[O-]. The van der Waals surface area contributed by atoms with Crippen molar-refractivity contribution in [1.29, 1.82) is 0 Å². The summed E-state index contributed by atoms with van der Waals surface area (Å²) >= 11 is 3.17. The van der Waals surface area contributed by atoms with Gasteiger partial charge in [0.05, 0.1) is 5.97 Å². The van der Waals surface area contributed by atoms with Crippen LogP contribution in [-0.4, -0.2) is 12.6 Å². The Bertz CT molecular complexity index is 360. The molecular weight excluding hydrogens is 248 g/mol. The number of rotatable bonds is 4. The van der Waals surface area contributed by atoms with Crippen LogP contribution in [0.3, 0.4) is 0 Å². The van der Waals surface area contributed by atoms with Crippen molar-refractivity contribution in [3.05, 3.63) is 40.9 Å². The summed E-state index contributed by atoms with van der Waals surface area (Å²) in [6, 6.07) is 4.71. The quantitative estimate of drug-likeness (QED) is 0.764. The first-order valence-electron chi connectivity index (χ1n) is 3.89. The lowest BCUT2D eigenvalue weighted by Gasteiger charge is -2.10. The van der Waals surface area contributed by atoms with Gasteiger partial charge in [0, 0.05) is 10.0 Å². The molecule has 0 aliphatic carbocycles. The Morgan fingerprint density at radius 2 is 2.36 bits per heavy atom. The summed E-state index contributed by atoms with van der Waals surface area (Å²) in [4.78, 5) is 10.7. The van der Waals surface area contributed by atoms with Gasteiger partial charge in [0.25, 0.3) is 0 Å². The van der Waals surface area contributed by atoms with E-state index >= 15 is 0 Å². The van der Waals surface area contributed by atoms with Crippen LogP contribution in [0.2, 0.25) is 0 Å². The summed E-state index contributed by atoms with van der Waals surface area (Å²) < 4.78 is 5.81. The first kappa shape index (κ1) is 10.8. The minimum atomic E-state index is -1.26. The Balaban J connectivity index is 3.01. The zero-order valence-electron chi connectivity index (χ0n) is 7.33. The van der Waals surface area contributed by atoms with E-state index in [0.717, 1.165) is 0 Å². The molecule has 0 bridgehead atoms. The predicted octanol–water partition coefficient (Wildman–Crippen LogP) is 1.38. The molecule has 14 heavy (non-hydrogen) atoms. The highest BCUT2D eigenvalue weighted by atomic mass is 79.9. The molecule has 0 N–H and O–H groups in total. The smallest absolute Gasteiger partial charge is 0.128 e. The summed E-state index contributed by atoms with van der Waals surface area (Å²) in [7, 11) is 0. The number of carboxylic acids is 1. The van der Waals surface area contributed by atoms with Gasteiger partial charge >= 0.3 is 0 Å². The van der Waals surface area contributed by atoms with Crippen LogP contribution in [0.1, 0.15) is 10.4 Å². The molecule has 0 unspecified atom stereocenters. The molecule has 0 heterocycles. The van der Waals surface area contributed by atoms with Crippen molar-refractivity contribution in [3.63, 3.8) is 0 Å². The highest BCUT2D eigenvalue weighted by Gasteiger charge is 2.04. The summed E-state index contributed by atoms with van der Waals surface area (Å²) in [5.41, 5.74) is 0.0289. The maximum absolute atomic E-state index is 10.7. The average Bonchev–Trinajstić information content (AvgIpc) is 2.15. The number of aromatic carboxylic acids is 1. The third-order valence-electron chi connectivity index (χ3n) is 1.52. The lowest BCUT2D eigenvalue weighted by atomic mass is 10.2. The van der Waals surface area contributed by atoms with Crippen LogP contribution in [0, 0.1) is 0 Å². The lowest BCUT2D eigenvalue weighted by Crippen LogP contribution is -2.23. The molecule has 0 aromatic heterocycles. The van der Waals surface area contributed by atoms with Crippen molar-refractivity contribution >= 4 is 21.9 Å². The molecule has 3 nitrogen and oxygen atoms in total. The minimum Gasteiger partial charge on any atom is -0.545 e. The van der Waals surface area contributed by atoms with E-state index in [0.29, 0.717) is 4.47 Å². The van der Waals surface area contributed by atoms with Gasteiger partial charge in [-0.15, -0.1) is 0 Å². The molecule has 0 saturated heterocycles. The molecule has 0 fully saturated rings. The van der Waals surface area contributed by atoms with Gasteiger partial charge < -0.3 is 14.6 Å². The molecule has 1 rings (SSSR count). The number of ether oxygens (including phenoxy) is 1. The van der Waals surface area contributed by atoms with Gasteiger partial charge in [-0.25, -0.2) is 0 Å². The number of hydrogen-bond donors (Lipinski definition) is 0. The topological polar surface area (TPSA) is 49.4 Å². The van der Waals surface area contributed by atoms with Crippen molar-refractivity contribution in [1.82, 2.24) is 0 Å². The summed E-state index contributed by atoms with van der Waals surface area (Å²) in [6.45, 7) is 3.74. The van der Waals surface area contributed by atoms with Crippen LogP contribution in [0.4, 0.5) is 0 Å². The molecule has 1 aromatic carbocycles. The second-order valence-corrected chi connectivity index (χ2v) is 3.44. The van der Waals surface area contributed by atoms with Crippen molar-refractivity contribution in [2.75, 3.05) is 6.61 Å². The minimum absolute atomic E-state index is 0.0289. The van der Waals surface area contributed by atoms with Gasteiger partial charge in [-0.05, 0) is 18.2 Å². The second-order valence-electron chi connectivity index (χ2n) is 2.53. The lowest BCUT2D eigenvalue weighted by molar-refractivity contribution is -0.255.